The molecule has 4 aliphatic carbocycles. The van der Waals surface area contributed by atoms with E-state index in [0.29, 0.717) is 12.8 Å². The number of ether oxygens (including phenoxy) is 2. The Kier molecular flexibility index (Phi) is 5.27. The highest BCUT2D eigenvalue weighted by atomic mass is 19.1. The van der Waals surface area contributed by atoms with Crippen molar-refractivity contribution in [2.45, 2.75) is 102 Å². The second kappa shape index (κ2) is 7.39. The van der Waals surface area contributed by atoms with Crippen LogP contribution in [0.3, 0.4) is 0 Å². The number of ketones is 2. The summed E-state index contributed by atoms with van der Waals surface area (Å²) < 4.78 is 45.1. The van der Waals surface area contributed by atoms with Gasteiger partial charge in [-0.1, -0.05) is 27.2 Å². The van der Waals surface area contributed by atoms with Crippen molar-refractivity contribution < 1.29 is 38.1 Å². The quantitative estimate of drug-likeness (QED) is 0.658. The van der Waals surface area contributed by atoms with E-state index >= 15 is 8.78 Å². The minimum absolute atomic E-state index is 0.0620. The largest absolute Gasteiger partial charge is 0.390 e. The zero-order valence-corrected chi connectivity index (χ0v) is 19.5. The lowest BCUT2D eigenvalue weighted by atomic mass is 9.44. The number of allylic oxidation sites excluding steroid dienone is 2. The van der Waals surface area contributed by atoms with Gasteiger partial charge in [0.2, 0.25) is 0 Å². The molecule has 1 saturated heterocycles. The van der Waals surface area contributed by atoms with Gasteiger partial charge in [0.05, 0.1) is 12.2 Å². The Hall–Kier alpha value is -1.22. The predicted octanol–water partition coefficient (Wildman–Crippen LogP) is 3.33. The monoisotopic (exact) mass is 468 g/mol. The van der Waals surface area contributed by atoms with Crippen LogP contribution >= 0.6 is 0 Å². The number of alkyl halides is 1. The summed E-state index contributed by atoms with van der Waals surface area (Å²) in [7, 11) is 0. The predicted molar refractivity (Wildman–Crippen MR) is 113 cm³/mol. The van der Waals surface area contributed by atoms with Crippen LogP contribution in [-0.4, -0.2) is 58.2 Å². The molecular weight excluding hydrogens is 434 g/mol. The van der Waals surface area contributed by atoms with E-state index in [9.17, 15) is 19.8 Å². The summed E-state index contributed by atoms with van der Waals surface area (Å²) in [4.78, 5) is 25.3. The highest BCUT2D eigenvalue weighted by Crippen LogP contribution is 2.72. The van der Waals surface area contributed by atoms with E-state index < -0.39 is 70.7 Å². The van der Waals surface area contributed by atoms with Crippen molar-refractivity contribution in [1.29, 1.82) is 0 Å². The lowest BCUT2D eigenvalue weighted by molar-refractivity contribution is -0.236. The average molecular weight is 469 g/mol. The molecule has 0 spiro atoms. The molecule has 1 aliphatic heterocycles. The summed E-state index contributed by atoms with van der Waals surface area (Å²) in [5.74, 6) is -2.49. The summed E-state index contributed by atoms with van der Waals surface area (Å²) in [5.41, 5.74) is -5.76. The van der Waals surface area contributed by atoms with Crippen molar-refractivity contribution in [2.24, 2.45) is 22.7 Å². The molecule has 3 saturated carbocycles. The zero-order valence-electron chi connectivity index (χ0n) is 19.5. The first kappa shape index (κ1) is 23.5. The summed E-state index contributed by atoms with van der Waals surface area (Å²) in [6, 6.07) is 0. The van der Waals surface area contributed by atoms with E-state index in [4.69, 9.17) is 9.47 Å². The van der Waals surface area contributed by atoms with Gasteiger partial charge in [-0.2, -0.15) is 0 Å². The number of Topliss-reactive ketones (excluding diaryl/α,β-unsaturated/α-hetero) is 2. The summed E-state index contributed by atoms with van der Waals surface area (Å²) in [6.07, 6.45) is -1.22. The van der Waals surface area contributed by atoms with Gasteiger partial charge in [-0.25, -0.2) is 8.78 Å². The van der Waals surface area contributed by atoms with Crippen LogP contribution in [0.15, 0.2) is 11.4 Å². The highest BCUT2D eigenvalue weighted by molar-refractivity contribution is 5.91. The number of aliphatic hydroxyl groups is 2. The minimum Gasteiger partial charge on any atom is -0.390 e. The summed E-state index contributed by atoms with van der Waals surface area (Å²) in [6.45, 7) is 4.66. The van der Waals surface area contributed by atoms with Crippen LogP contribution in [0.2, 0.25) is 0 Å². The van der Waals surface area contributed by atoms with E-state index in [2.05, 4.69) is 0 Å². The van der Waals surface area contributed by atoms with E-state index in [1.54, 1.807) is 13.8 Å². The first-order valence-corrected chi connectivity index (χ1v) is 12.2. The number of aliphatic hydroxyl groups excluding tert-OH is 2. The molecule has 2 N–H and O–H groups in total. The van der Waals surface area contributed by atoms with Gasteiger partial charge in [-0.15, -0.1) is 0 Å². The maximum Gasteiger partial charge on any atom is 0.193 e. The molecule has 0 aromatic heterocycles. The molecule has 0 aromatic carbocycles. The molecule has 8 heteroatoms. The topological polar surface area (TPSA) is 93.1 Å². The van der Waals surface area contributed by atoms with Gasteiger partial charge in [0.25, 0.3) is 0 Å². The number of hydrogen-bond donors (Lipinski definition) is 2. The fraction of sp³-hybridized carbons (Fsp3) is 0.840. The molecular formula is C25H34F2O6. The first-order valence-electron chi connectivity index (χ1n) is 12.2. The lowest BCUT2D eigenvalue weighted by Gasteiger charge is -2.63. The average Bonchev–Trinajstić information content (AvgIpc) is 3.24. The van der Waals surface area contributed by atoms with Gasteiger partial charge in [0.15, 0.2) is 17.7 Å². The highest BCUT2D eigenvalue weighted by Gasteiger charge is 2.79. The molecule has 1 heterocycles. The molecule has 5 rings (SSSR count). The van der Waals surface area contributed by atoms with Crippen LogP contribution in [0.1, 0.15) is 72.1 Å². The van der Waals surface area contributed by atoms with Crippen LogP contribution in [-0.2, 0) is 19.1 Å². The number of carbonyl (C=O) groups excluding carboxylic acids is 2. The molecule has 0 aromatic rings. The third-order valence-corrected chi connectivity index (χ3v) is 9.95. The summed E-state index contributed by atoms with van der Waals surface area (Å²) >= 11 is 0. The molecule has 6 nitrogen and oxygen atoms in total. The third kappa shape index (κ3) is 2.67. The van der Waals surface area contributed by atoms with Crippen LogP contribution in [0, 0.1) is 22.7 Å². The Balaban J connectivity index is 1.62. The molecule has 0 bridgehead atoms. The van der Waals surface area contributed by atoms with Crippen molar-refractivity contribution >= 4 is 11.6 Å². The van der Waals surface area contributed by atoms with Crippen molar-refractivity contribution in [1.82, 2.24) is 0 Å². The number of halogens is 2. The van der Waals surface area contributed by atoms with Crippen LogP contribution in [0.25, 0.3) is 0 Å². The van der Waals surface area contributed by atoms with Crippen LogP contribution < -0.4 is 0 Å². The fourth-order valence-electron chi connectivity index (χ4n) is 8.35. The van der Waals surface area contributed by atoms with E-state index in [1.165, 1.54) is 0 Å². The molecule has 184 valence electrons. The van der Waals surface area contributed by atoms with Gasteiger partial charge in [-0.05, 0) is 37.2 Å². The number of rotatable bonds is 4. The Bertz CT molecular complexity index is 921. The van der Waals surface area contributed by atoms with Gasteiger partial charge < -0.3 is 19.7 Å². The molecule has 33 heavy (non-hydrogen) atoms. The van der Waals surface area contributed by atoms with Gasteiger partial charge in [-0.3, -0.25) is 9.59 Å². The van der Waals surface area contributed by atoms with Gasteiger partial charge in [0.1, 0.15) is 23.9 Å². The van der Waals surface area contributed by atoms with Gasteiger partial charge >= 0.3 is 0 Å². The Morgan fingerprint density at radius 1 is 1.27 bits per heavy atom. The second-order valence-electron chi connectivity index (χ2n) is 11.3. The van der Waals surface area contributed by atoms with Crippen LogP contribution in [0.5, 0.6) is 0 Å². The van der Waals surface area contributed by atoms with E-state index in [-0.39, 0.29) is 43.5 Å². The van der Waals surface area contributed by atoms with Crippen molar-refractivity contribution in [3.63, 3.8) is 0 Å². The lowest BCUT2D eigenvalue weighted by Crippen LogP contribution is -2.70. The molecule has 9 atom stereocenters. The first-order chi connectivity index (χ1) is 15.5. The summed E-state index contributed by atoms with van der Waals surface area (Å²) in [5, 5.41) is 21.3. The van der Waals surface area contributed by atoms with Crippen molar-refractivity contribution in [3.8, 4) is 0 Å². The molecule has 0 radical (unpaired) electrons. The number of carbonyl (C=O) groups is 2. The molecule has 5 aliphatic rings. The number of hydrogen-bond acceptors (Lipinski definition) is 6. The Labute approximate surface area is 192 Å². The fourth-order valence-corrected chi connectivity index (χ4v) is 8.35. The maximum atomic E-state index is 17.2. The smallest absolute Gasteiger partial charge is 0.193 e. The zero-order chi connectivity index (χ0) is 24.0. The van der Waals surface area contributed by atoms with Crippen molar-refractivity contribution in [2.75, 3.05) is 6.61 Å². The second-order valence-corrected chi connectivity index (χ2v) is 11.3. The third-order valence-electron chi connectivity index (χ3n) is 9.95. The molecule has 4 fully saturated rings. The van der Waals surface area contributed by atoms with E-state index in [0.717, 1.165) is 6.42 Å². The maximum absolute atomic E-state index is 17.2. The standard InChI is InChI=1S/C25H34F2O6/c1-4-5-21-32-20-10-14-15-9-17(26)16-8-13(29)6-7-22(16,2)24(15,27)18(30)11-23(14,3)25(20,33-21)19(31)12-28/h14-15,18,20-21,28,30H,4-12H2,1-3H3/t14?,15?,18?,20-,21-,22+,23+,24+,25-/m1/s1. The minimum atomic E-state index is -2.13. The Morgan fingerprint density at radius 2 is 2.00 bits per heavy atom. The molecule has 0 amide bonds. The van der Waals surface area contributed by atoms with Crippen LogP contribution in [0.4, 0.5) is 8.78 Å². The normalized spacial score (nSPS) is 51.1. The Morgan fingerprint density at radius 3 is 2.67 bits per heavy atom. The van der Waals surface area contributed by atoms with Crippen molar-refractivity contribution in [3.05, 3.63) is 11.4 Å². The SMILES string of the molecule is CCC[C@@H]1O[C@@H]2CC3C4CC(F)=C5CC(=O)CC[C@]5(C)[C@@]4(F)C(O)C[C@]3(C)[C@]2(C(=O)CO)O1. The van der Waals surface area contributed by atoms with E-state index in [1.807, 2.05) is 6.92 Å². The van der Waals surface area contributed by atoms with Gasteiger partial charge in [0, 0.05) is 36.0 Å². The molecule has 3 unspecified atom stereocenters. The number of fused-ring (bicyclic) bond motifs is 7.